The predicted molar refractivity (Wildman–Crippen MR) is 126 cm³/mol. The molecule has 3 rings (SSSR count). The maximum absolute atomic E-state index is 13.8. The van der Waals surface area contributed by atoms with Gasteiger partial charge in [-0.1, -0.05) is 91.0 Å². The molecule has 0 bridgehead atoms. The summed E-state index contributed by atoms with van der Waals surface area (Å²) < 4.78 is 25.2. The Morgan fingerprint density at radius 2 is 1.29 bits per heavy atom. The highest BCUT2D eigenvalue weighted by molar-refractivity contribution is 7.54. The molecule has 3 aromatic rings. The van der Waals surface area contributed by atoms with E-state index >= 15 is 0 Å². The Kier molecular flexibility index (Phi) is 8.74. The summed E-state index contributed by atoms with van der Waals surface area (Å²) in [5, 5.41) is 3.46. The van der Waals surface area contributed by atoms with Crippen LogP contribution in [0.3, 0.4) is 0 Å². The Bertz CT molecular complexity index is 971. The van der Waals surface area contributed by atoms with Crippen LogP contribution >= 0.6 is 7.60 Å². The highest BCUT2D eigenvalue weighted by atomic mass is 31.2. The molecule has 3 aromatic carbocycles. The van der Waals surface area contributed by atoms with Gasteiger partial charge in [-0.3, -0.25) is 14.9 Å². The van der Waals surface area contributed by atoms with E-state index in [0.29, 0.717) is 0 Å². The Morgan fingerprint density at radius 1 is 0.806 bits per heavy atom. The lowest BCUT2D eigenvalue weighted by molar-refractivity contribution is 0.205. The minimum atomic E-state index is -3.51. The molecule has 1 N–H and O–H groups in total. The number of nitrogens with zero attached hydrogens (tertiary/aromatic N) is 1. The second kappa shape index (κ2) is 11.7. The molecule has 0 aliphatic rings. The van der Waals surface area contributed by atoms with Crippen molar-refractivity contribution in [2.24, 2.45) is 4.99 Å². The second-order valence-electron chi connectivity index (χ2n) is 6.86. The van der Waals surface area contributed by atoms with Crippen molar-refractivity contribution in [3.8, 4) is 0 Å². The Balaban J connectivity index is 2.01. The molecule has 0 fully saturated rings. The van der Waals surface area contributed by atoms with E-state index in [1.54, 1.807) is 0 Å². The summed E-state index contributed by atoms with van der Waals surface area (Å²) in [6.45, 7) is 4.20. The number of hydrogen-bond donors (Lipinski definition) is 1. The highest BCUT2D eigenvalue weighted by Crippen LogP contribution is 2.60. The molecule has 0 aliphatic heterocycles. The van der Waals surface area contributed by atoms with Crippen LogP contribution in [0.1, 0.15) is 42.5 Å². The van der Waals surface area contributed by atoms with E-state index in [2.05, 4.69) is 5.32 Å². The van der Waals surface area contributed by atoms with Gasteiger partial charge >= 0.3 is 7.60 Å². The first-order chi connectivity index (χ1) is 15.2. The third kappa shape index (κ3) is 6.46. The van der Waals surface area contributed by atoms with E-state index in [4.69, 9.17) is 14.0 Å². The van der Waals surface area contributed by atoms with Gasteiger partial charge in [0.1, 0.15) is 11.9 Å². The molecule has 0 aliphatic carbocycles. The van der Waals surface area contributed by atoms with Crippen LogP contribution in [0.25, 0.3) is 0 Å². The first-order valence-corrected chi connectivity index (χ1v) is 12.1. The SMILES string of the molecule is CCOP(=O)(OCC)C(NC(/N=C/c1ccccc1)c1ccccc1)c1ccccc1. The van der Waals surface area contributed by atoms with Crippen molar-refractivity contribution in [2.75, 3.05) is 13.2 Å². The molecule has 162 valence electrons. The monoisotopic (exact) mass is 436 g/mol. The molecular weight excluding hydrogens is 407 g/mol. The summed E-state index contributed by atoms with van der Waals surface area (Å²) in [4.78, 5) is 4.79. The first kappa shape index (κ1) is 23.1. The molecule has 0 radical (unpaired) electrons. The molecule has 0 spiro atoms. The minimum Gasteiger partial charge on any atom is -0.308 e. The molecule has 0 saturated carbocycles. The smallest absolute Gasteiger partial charge is 0.308 e. The standard InChI is InChI=1S/C25H29N2O3P/c1-3-29-31(28,30-4-2)25(23-18-12-7-13-19-23)27-24(22-16-10-6-11-17-22)26-20-21-14-8-5-9-15-21/h5-20,24-25,27H,3-4H2,1-2H3/b26-20+. The van der Waals surface area contributed by atoms with Gasteiger partial charge in [-0.15, -0.1) is 0 Å². The zero-order valence-electron chi connectivity index (χ0n) is 17.9. The first-order valence-electron chi connectivity index (χ1n) is 10.5. The number of rotatable bonds is 11. The largest absolute Gasteiger partial charge is 0.352 e. The Hall–Kier alpha value is -2.56. The molecule has 2 atom stereocenters. The van der Waals surface area contributed by atoms with Crippen LogP contribution in [0.2, 0.25) is 0 Å². The number of hydrogen-bond acceptors (Lipinski definition) is 5. The third-order valence-electron chi connectivity index (χ3n) is 4.65. The average molecular weight is 436 g/mol. The van der Waals surface area contributed by atoms with Gasteiger partial charge in [0, 0.05) is 6.21 Å². The van der Waals surface area contributed by atoms with Crippen molar-refractivity contribution in [1.29, 1.82) is 0 Å². The summed E-state index contributed by atoms with van der Waals surface area (Å²) in [5.74, 6) is -0.674. The van der Waals surface area contributed by atoms with Gasteiger partial charge in [-0.05, 0) is 30.5 Å². The summed E-state index contributed by atoms with van der Waals surface area (Å²) >= 11 is 0. The number of aliphatic imine (C=N–C) groups is 1. The fourth-order valence-electron chi connectivity index (χ4n) is 3.26. The molecule has 2 unspecified atom stereocenters. The van der Waals surface area contributed by atoms with Crippen LogP contribution in [-0.2, 0) is 13.6 Å². The van der Waals surface area contributed by atoms with Gasteiger partial charge in [0.15, 0.2) is 0 Å². The molecule has 0 saturated heterocycles. The molecule has 5 nitrogen and oxygen atoms in total. The maximum atomic E-state index is 13.8. The van der Waals surface area contributed by atoms with Gasteiger partial charge in [-0.2, -0.15) is 0 Å². The fourth-order valence-corrected chi connectivity index (χ4v) is 5.22. The zero-order valence-corrected chi connectivity index (χ0v) is 18.8. The van der Waals surface area contributed by atoms with Crippen LogP contribution < -0.4 is 5.32 Å². The van der Waals surface area contributed by atoms with Gasteiger partial charge in [0.25, 0.3) is 0 Å². The van der Waals surface area contributed by atoms with Crippen molar-refractivity contribution >= 4 is 13.8 Å². The van der Waals surface area contributed by atoms with Crippen molar-refractivity contribution < 1.29 is 13.6 Å². The van der Waals surface area contributed by atoms with Crippen LogP contribution in [0.4, 0.5) is 0 Å². The molecule has 6 heteroatoms. The third-order valence-corrected chi connectivity index (χ3v) is 6.97. The van der Waals surface area contributed by atoms with E-state index < -0.39 is 19.5 Å². The van der Waals surface area contributed by atoms with E-state index in [1.165, 1.54) is 0 Å². The highest BCUT2D eigenvalue weighted by Gasteiger charge is 2.38. The normalized spacial score (nSPS) is 13.9. The van der Waals surface area contributed by atoms with Gasteiger partial charge in [0.2, 0.25) is 0 Å². The fraction of sp³-hybridized carbons (Fsp3) is 0.240. The van der Waals surface area contributed by atoms with Gasteiger partial charge < -0.3 is 9.05 Å². The van der Waals surface area contributed by atoms with Crippen LogP contribution in [0.5, 0.6) is 0 Å². The van der Waals surface area contributed by atoms with E-state index in [0.717, 1.165) is 16.7 Å². The Morgan fingerprint density at radius 3 is 1.81 bits per heavy atom. The summed E-state index contributed by atoms with van der Waals surface area (Å²) in [7, 11) is -3.51. The maximum Gasteiger partial charge on any atom is 0.352 e. The lowest BCUT2D eigenvalue weighted by atomic mass is 10.1. The second-order valence-corrected chi connectivity index (χ2v) is 8.97. The van der Waals surface area contributed by atoms with E-state index in [9.17, 15) is 4.57 Å². The van der Waals surface area contributed by atoms with Crippen LogP contribution in [0.15, 0.2) is 96.0 Å². The average Bonchev–Trinajstić information content (AvgIpc) is 2.81. The lowest BCUT2D eigenvalue weighted by Gasteiger charge is -2.30. The summed E-state index contributed by atoms with van der Waals surface area (Å²) in [5.41, 5.74) is 2.76. The van der Waals surface area contributed by atoms with E-state index in [-0.39, 0.29) is 13.2 Å². The quantitative estimate of drug-likeness (QED) is 0.281. The van der Waals surface area contributed by atoms with Gasteiger partial charge in [0.05, 0.1) is 13.2 Å². The molecular formula is C25H29N2O3P. The number of benzene rings is 3. The van der Waals surface area contributed by atoms with Crippen LogP contribution in [-0.4, -0.2) is 19.4 Å². The molecule has 0 aromatic heterocycles. The van der Waals surface area contributed by atoms with Crippen molar-refractivity contribution in [3.05, 3.63) is 108 Å². The van der Waals surface area contributed by atoms with Gasteiger partial charge in [-0.25, -0.2) is 0 Å². The summed E-state index contributed by atoms with van der Waals surface area (Å²) in [6, 6.07) is 29.4. The predicted octanol–water partition coefficient (Wildman–Crippen LogP) is 6.36. The lowest BCUT2D eigenvalue weighted by Crippen LogP contribution is -2.27. The van der Waals surface area contributed by atoms with Crippen molar-refractivity contribution in [1.82, 2.24) is 5.32 Å². The number of nitrogens with one attached hydrogen (secondary N) is 1. The molecule has 0 amide bonds. The summed E-state index contributed by atoms with van der Waals surface area (Å²) in [6.07, 6.45) is 1.37. The molecule has 31 heavy (non-hydrogen) atoms. The van der Waals surface area contributed by atoms with Crippen molar-refractivity contribution in [3.63, 3.8) is 0 Å². The topological polar surface area (TPSA) is 59.9 Å². The molecule has 0 heterocycles. The minimum absolute atomic E-state index is 0.283. The Labute approximate surface area is 184 Å². The zero-order chi connectivity index (χ0) is 21.9. The van der Waals surface area contributed by atoms with E-state index in [1.807, 2.05) is 111 Å². The van der Waals surface area contributed by atoms with Crippen molar-refractivity contribution in [2.45, 2.75) is 25.8 Å². The van der Waals surface area contributed by atoms with Crippen LogP contribution in [0, 0.1) is 0 Å².